The Morgan fingerprint density at radius 1 is 1.31 bits per heavy atom. The molecule has 0 aliphatic carbocycles. The highest BCUT2D eigenvalue weighted by atomic mass is 16.1. The molecular formula is C14H19NO. The van der Waals surface area contributed by atoms with Crippen molar-refractivity contribution in [1.82, 2.24) is 4.57 Å². The highest BCUT2D eigenvalue weighted by Crippen LogP contribution is 1.94. The molecule has 0 atom stereocenters. The van der Waals surface area contributed by atoms with Gasteiger partial charge in [0.15, 0.2) is 6.29 Å². The van der Waals surface area contributed by atoms with E-state index in [1.807, 2.05) is 38.6 Å². The van der Waals surface area contributed by atoms with E-state index in [0.29, 0.717) is 0 Å². The predicted molar refractivity (Wildman–Crippen MR) is 68.7 cm³/mol. The number of aromatic nitrogens is 1. The molecule has 0 aliphatic heterocycles. The maximum Gasteiger partial charge on any atom is 0.152 e. The van der Waals surface area contributed by atoms with Crippen LogP contribution in [0.15, 0.2) is 17.8 Å². The second-order valence-electron chi connectivity index (χ2n) is 4.25. The largest absolute Gasteiger partial charge is 0.350 e. The van der Waals surface area contributed by atoms with Gasteiger partial charge in [0.1, 0.15) is 0 Å². The molecule has 2 nitrogen and oxygen atoms in total. The number of aldehydes is 1. The monoisotopic (exact) mass is 217 g/mol. The quantitative estimate of drug-likeness (QED) is 0.692. The number of allylic oxidation sites excluding steroid dienone is 2. The van der Waals surface area contributed by atoms with E-state index < -0.39 is 0 Å². The highest BCUT2D eigenvalue weighted by molar-refractivity contribution is 5.76. The molecule has 0 fully saturated rings. The summed E-state index contributed by atoms with van der Waals surface area (Å²) in [4.78, 5) is 11.0. The Hall–Kier alpha value is -1.57. The van der Waals surface area contributed by atoms with Gasteiger partial charge < -0.3 is 4.57 Å². The van der Waals surface area contributed by atoms with Crippen LogP contribution in [-0.2, 0) is 7.05 Å². The van der Waals surface area contributed by atoms with Gasteiger partial charge in [-0.1, -0.05) is 17.2 Å². The van der Waals surface area contributed by atoms with E-state index in [-0.39, 0.29) is 0 Å². The molecule has 1 rings (SSSR count). The Morgan fingerprint density at radius 3 is 2.38 bits per heavy atom. The van der Waals surface area contributed by atoms with Crippen molar-refractivity contribution in [3.8, 4) is 0 Å². The Balaban J connectivity index is 3.78. The van der Waals surface area contributed by atoms with Gasteiger partial charge in [0, 0.05) is 29.4 Å². The van der Waals surface area contributed by atoms with Gasteiger partial charge in [0.05, 0.1) is 0 Å². The Morgan fingerprint density at radius 2 is 1.94 bits per heavy atom. The van der Waals surface area contributed by atoms with Crippen molar-refractivity contribution < 1.29 is 4.79 Å². The normalized spacial score (nSPS) is 13.1. The molecule has 0 saturated heterocycles. The van der Waals surface area contributed by atoms with Crippen molar-refractivity contribution >= 4 is 17.9 Å². The minimum Gasteiger partial charge on any atom is -0.350 e. The van der Waals surface area contributed by atoms with E-state index in [1.165, 1.54) is 5.57 Å². The lowest BCUT2D eigenvalue weighted by Gasteiger charge is -1.94. The first-order chi connectivity index (χ1) is 7.51. The van der Waals surface area contributed by atoms with E-state index in [4.69, 9.17) is 0 Å². The van der Waals surface area contributed by atoms with Crippen molar-refractivity contribution in [3.05, 3.63) is 34.0 Å². The first-order valence-electron chi connectivity index (χ1n) is 5.44. The molecule has 0 amide bonds. The number of rotatable bonds is 2. The molecule has 2 heteroatoms. The van der Waals surface area contributed by atoms with Gasteiger partial charge in [-0.25, -0.2) is 0 Å². The number of carbonyl (C=O) groups is 1. The van der Waals surface area contributed by atoms with Gasteiger partial charge in [-0.3, -0.25) is 4.79 Å². The van der Waals surface area contributed by atoms with Crippen LogP contribution in [0.4, 0.5) is 0 Å². The predicted octanol–water partition coefficient (Wildman–Crippen LogP) is 1.77. The summed E-state index contributed by atoms with van der Waals surface area (Å²) in [6.07, 6.45) is 6.96. The Bertz CT molecular complexity index is 540. The van der Waals surface area contributed by atoms with Gasteiger partial charge >= 0.3 is 0 Å². The van der Waals surface area contributed by atoms with Crippen LogP contribution < -0.4 is 10.6 Å². The maximum absolute atomic E-state index is 11.0. The standard InChI is InChI=1S/C14H19NO/c1-6-11(4)7-13-14(10(2)3)12(9-16)8-15(13)5/h6-9H,1-5H3/b11-6-,13-7+. The zero-order chi connectivity index (χ0) is 12.3. The van der Waals surface area contributed by atoms with Gasteiger partial charge in [-0.2, -0.15) is 0 Å². The van der Waals surface area contributed by atoms with E-state index >= 15 is 0 Å². The SMILES string of the molecule is C/C=C(C)\C=c1/c(=C(C)C)c(C=O)cn1C. The Kier molecular flexibility index (Phi) is 3.88. The van der Waals surface area contributed by atoms with Crippen LogP contribution in [-0.4, -0.2) is 10.9 Å². The summed E-state index contributed by atoms with van der Waals surface area (Å²) >= 11 is 0. The van der Waals surface area contributed by atoms with E-state index in [0.717, 1.165) is 28.0 Å². The van der Waals surface area contributed by atoms with Crippen LogP contribution in [0.5, 0.6) is 0 Å². The Labute approximate surface area is 96.6 Å². The smallest absolute Gasteiger partial charge is 0.152 e. The fraction of sp³-hybridized carbons (Fsp3) is 0.357. The average Bonchev–Trinajstić information content (AvgIpc) is 2.55. The molecule has 0 bridgehead atoms. The van der Waals surface area contributed by atoms with Crippen molar-refractivity contribution in [2.45, 2.75) is 27.7 Å². The minimum atomic E-state index is 0.762. The summed E-state index contributed by atoms with van der Waals surface area (Å²) < 4.78 is 2.00. The fourth-order valence-electron chi connectivity index (χ4n) is 1.77. The number of aryl methyl sites for hydroxylation is 1. The second kappa shape index (κ2) is 4.97. The lowest BCUT2D eigenvalue weighted by atomic mass is 10.1. The van der Waals surface area contributed by atoms with Crippen molar-refractivity contribution in [2.24, 2.45) is 7.05 Å². The third kappa shape index (κ3) is 2.32. The van der Waals surface area contributed by atoms with E-state index in [2.05, 4.69) is 19.1 Å². The topological polar surface area (TPSA) is 22.0 Å². The molecule has 0 saturated carbocycles. The lowest BCUT2D eigenvalue weighted by molar-refractivity contribution is 0.112. The summed E-state index contributed by atoms with van der Waals surface area (Å²) in [6.45, 7) is 8.13. The van der Waals surface area contributed by atoms with Crippen molar-refractivity contribution in [2.75, 3.05) is 0 Å². The molecule has 0 N–H and O–H groups in total. The molecule has 0 spiro atoms. The van der Waals surface area contributed by atoms with Crippen LogP contribution >= 0.6 is 0 Å². The van der Waals surface area contributed by atoms with Gasteiger partial charge in [0.2, 0.25) is 0 Å². The minimum absolute atomic E-state index is 0.762. The molecule has 0 unspecified atom stereocenters. The third-order valence-corrected chi connectivity index (χ3v) is 2.70. The summed E-state index contributed by atoms with van der Waals surface area (Å²) in [5, 5.41) is 2.15. The average molecular weight is 217 g/mol. The van der Waals surface area contributed by atoms with E-state index in [1.54, 1.807) is 0 Å². The van der Waals surface area contributed by atoms with Gasteiger partial charge in [-0.05, 0) is 33.8 Å². The first-order valence-corrected chi connectivity index (χ1v) is 5.44. The summed E-state index contributed by atoms with van der Waals surface area (Å²) in [7, 11) is 1.97. The number of nitrogens with zero attached hydrogens (tertiary/aromatic N) is 1. The molecule has 0 aromatic carbocycles. The zero-order valence-corrected chi connectivity index (χ0v) is 10.7. The highest BCUT2D eigenvalue weighted by Gasteiger charge is 2.02. The van der Waals surface area contributed by atoms with E-state index in [9.17, 15) is 4.79 Å². The maximum atomic E-state index is 11.0. The van der Waals surface area contributed by atoms with Crippen LogP contribution in [0.1, 0.15) is 38.1 Å². The zero-order valence-electron chi connectivity index (χ0n) is 10.7. The number of hydrogen-bond donors (Lipinski definition) is 0. The summed E-state index contributed by atoms with van der Waals surface area (Å²) in [6, 6.07) is 0. The first kappa shape index (κ1) is 12.5. The molecule has 1 aromatic heterocycles. The van der Waals surface area contributed by atoms with Crippen molar-refractivity contribution in [3.63, 3.8) is 0 Å². The van der Waals surface area contributed by atoms with Crippen molar-refractivity contribution in [1.29, 1.82) is 0 Å². The molecule has 1 aromatic rings. The summed E-state index contributed by atoms with van der Waals surface area (Å²) in [5.41, 5.74) is 3.12. The lowest BCUT2D eigenvalue weighted by Crippen LogP contribution is -2.30. The number of hydrogen-bond acceptors (Lipinski definition) is 1. The van der Waals surface area contributed by atoms with Crippen LogP contribution in [0.25, 0.3) is 11.6 Å². The van der Waals surface area contributed by atoms with Crippen LogP contribution in [0.2, 0.25) is 0 Å². The molecule has 1 heterocycles. The van der Waals surface area contributed by atoms with Gasteiger partial charge in [-0.15, -0.1) is 0 Å². The van der Waals surface area contributed by atoms with Crippen LogP contribution in [0, 0.1) is 0 Å². The molecular weight excluding hydrogens is 198 g/mol. The molecule has 16 heavy (non-hydrogen) atoms. The third-order valence-electron chi connectivity index (χ3n) is 2.70. The molecule has 0 aliphatic rings. The second-order valence-corrected chi connectivity index (χ2v) is 4.25. The fourth-order valence-corrected chi connectivity index (χ4v) is 1.77. The van der Waals surface area contributed by atoms with Gasteiger partial charge in [0.25, 0.3) is 0 Å². The molecule has 0 radical (unpaired) electrons. The summed E-state index contributed by atoms with van der Waals surface area (Å²) in [5.74, 6) is 0. The molecule has 86 valence electrons. The van der Waals surface area contributed by atoms with Crippen LogP contribution in [0.3, 0.4) is 0 Å². The number of carbonyl (C=O) groups excluding carboxylic acids is 1.